The van der Waals surface area contributed by atoms with Crippen LogP contribution in [0.25, 0.3) is 10.8 Å². The quantitative estimate of drug-likeness (QED) is 0.697. The average molecular weight is 367 g/mol. The maximum Gasteiger partial charge on any atom is 0.273 e. The van der Waals surface area contributed by atoms with Gasteiger partial charge in [0.2, 0.25) is 5.91 Å². The van der Waals surface area contributed by atoms with Gasteiger partial charge in [0.1, 0.15) is 12.3 Å². The predicted molar refractivity (Wildman–Crippen MR) is 103 cm³/mol. The van der Waals surface area contributed by atoms with Crippen LogP contribution in [0.1, 0.15) is 25.5 Å². The van der Waals surface area contributed by atoms with Crippen molar-refractivity contribution in [3.8, 4) is 5.75 Å². The number of H-pyrrole nitrogens is 1. The lowest BCUT2D eigenvalue weighted by Crippen LogP contribution is -2.37. The summed E-state index contributed by atoms with van der Waals surface area (Å²) in [5, 5.41) is 5.88. The van der Waals surface area contributed by atoms with Gasteiger partial charge in [-0.3, -0.25) is 19.5 Å². The molecule has 27 heavy (non-hydrogen) atoms. The van der Waals surface area contributed by atoms with Gasteiger partial charge in [0.25, 0.3) is 11.1 Å². The third-order valence-electron chi connectivity index (χ3n) is 4.25. The molecule has 1 amide bonds. The first-order valence-corrected chi connectivity index (χ1v) is 8.73. The Bertz CT molecular complexity index is 1070. The van der Waals surface area contributed by atoms with Crippen molar-refractivity contribution < 1.29 is 9.53 Å². The molecule has 3 rings (SSSR count). The lowest BCUT2D eigenvalue weighted by atomic mass is 10.1. The van der Waals surface area contributed by atoms with E-state index in [0.717, 1.165) is 16.0 Å². The highest BCUT2D eigenvalue weighted by Crippen LogP contribution is 2.17. The maximum absolute atomic E-state index is 12.5. The van der Waals surface area contributed by atoms with Crippen LogP contribution < -0.4 is 21.2 Å². The summed E-state index contributed by atoms with van der Waals surface area (Å²) >= 11 is 0. The Morgan fingerprint density at radius 2 is 1.78 bits per heavy atom. The monoisotopic (exact) mass is 367 g/mol. The van der Waals surface area contributed by atoms with Crippen LogP contribution in [0.4, 0.5) is 0 Å². The second-order valence-corrected chi connectivity index (χ2v) is 6.17. The first-order valence-electron chi connectivity index (χ1n) is 8.73. The number of rotatable bonds is 6. The van der Waals surface area contributed by atoms with E-state index in [4.69, 9.17) is 4.74 Å². The van der Waals surface area contributed by atoms with E-state index in [1.165, 1.54) is 0 Å². The third kappa shape index (κ3) is 4.08. The normalized spacial score (nSPS) is 11.9. The van der Waals surface area contributed by atoms with Crippen molar-refractivity contribution in [2.24, 2.45) is 0 Å². The number of aromatic amines is 1. The molecule has 1 atom stereocenters. The summed E-state index contributed by atoms with van der Waals surface area (Å²) in [7, 11) is 0. The number of ether oxygens (including phenoxy) is 1. The number of carbonyl (C=O) groups excluding carboxylic acids is 1. The first kappa shape index (κ1) is 18.4. The molecule has 140 valence electrons. The minimum absolute atomic E-state index is 0.254. The van der Waals surface area contributed by atoms with Gasteiger partial charge in [-0.2, -0.15) is 0 Å². The molecule has 0 aliphatic rings. The molecular weight excluding hydrogens is 346 g/mol. The SMILES string of the molecule is CCOc1ccc(C(C)NC(=O)Cn2[nH]c(=O)c3ccccc3c2=O)cc1. The molecule has 2 N–H and O–H groups in total. The van der Waals surface area contributed by atoms with Gasteiger partial charge in [-0.15, -0.1) is 0 Å². The zero-order valence-electron chi connectivity index (χ0n) is 15.2. The Hall–Kier alpha value is -3.35. The number of hydrogen-bond donors (Lipinski definition) is 2. The number of benzene rings is 2. The van der Waals surface area contributed by atoms with E-state index >= 15 is 0 Å². The van der Waals surface area contributed by atoms with Crippen LogP contribution in [0.15, 0.2) is 58.1 Å². The van der Waals surface area contributed by atoms with Crippen LogP contribution in [0.2, 0.25) is 0 Å². The molecule has 0 aliphatic carbocycles. The highest BCUT2D eigenvalue weighted by Gasteiger charge is 2.13. The van der Waals surface area contributed by atoms with E-state index < -0.39 is 11.1 Å². The molecule has 0 saturated heterocycles. The lowest BCUT2D eigenvalue weighted by molar-refractivity contribution is -0.122. The van der Waals surface area contributed by atoms with Crippen molar-refractivity contribution in [3.05, 3.63) is 74.8 Å². The summed E-state index contributed by atoms with van der Waals surface area (Å²) in [5.41, 5.74) is 0.0952. The number of nitrogens with zero attached hydrogens (tertiary/aromatic N) is 1. The summed E-state index contributed by atoms with van der Waals surface area (Å²) in [6, 6.07) is 13.7. The van der Waals surface area contributed by atoms with Gasteiger partial charge in [0.15, 0.2) is 0 Å². The highest BCUT2D eigenvalue weighted by atomic mass is 16.5. The van der Waals surface area contributed by atoms with Crippen molar-refractivity contribution >= 4 is 16.7 Å². The molecule has 0 fully saturated rings. The Kier molecular flexibility index (Phi) is 5.40. The van der Waals surface area contributed by atoms with E-state index in [9.17, 15) is 14.4 Å². The number of amides is 1. The van der Waals surface area contributed by atoms with E-state index in [1.54, 1.807) is 24.3 Å². The molecule has 2 aromatic carbocycles. The Balaban J connectivity index is 1.74. The summed E-state index contributed by atoms with van der Waals surface area (Å²) < 4.78 is 6.43. The molecule has 7 nitrogen and oxygen atoms in total. The van der Waals surface area contributed by atoms with Gasteiger partial charge in [-0.1, -0.05) is 24.3 Å². The van der Waals surface area contributed by atoms with Crippen LogP contribution in [0, 0.1) is 0 Å². The molecule has 3 aromatic rings. The van der Waals surface area contributed by atoms with Gasteiger partial charge in [-0.05, 0) is 43.7 Å². The zero-order chi connectivity index (χ0) is 19.4. The summed E-state index contributed by atoms with van der Waals surface area (Å²) in [6.07, 6.45) is 0. The molecule has 1 aromatic heterocycles. The minimum Gasteiger partial charge on any atom is -0.494 e. The van der Waals surface area contributed by atoms with Crippen LogP contribution in [0.3, 0.4) is 0 Å². The van der Waals surface area contributed by atoms with Crippen molar-refractivity contribution in [2.45, 2.75) is 26.4 Å². The molecule has 0 spiro atoms. The number of nitrogens with one attached hydrogen (secondary N) is 2. The predicted octanol–water partition coefficient (Wildman–Crippen LogP) is 1.97. The van der Waals surface area contributed by atoms with Crippen molar-refractivity contribution in [1.29, 1.82) is 0 Å². The van der Waals surface area contributed by atoms with E-state index in [1.807, 2.05) is 38.1 Å². The molecule has 1 heterocycles. The standard InChI is InChI=1S/C20H21N3O4/c1-3-27-15-10-8-14(9-11-15)13(2)21-18(24)12-23-20(26)17-7-5-4-6-16(17)19(25)22-23/h4-11,13H,3,12H2,1-2H3,(H,21,24)(H,22,25). The molecule has 0 saturated carbocycles. The second kappa shape index (κ2) is 7.90. The highest BCUT2D eigenvalue weighted by molar-refractivity contribution is 5.81. The fourth-order valence-corrected chi connectivity index (χ4v) is 2.89. The van der Waals surface area contributed by atoms with Gasteiger partial charge in [0.05, 0.1) is 23.4 Å². The largest absolute Gasteiger partial charge is 0.494 e. The third-order valence-corrected chi connectivity index (χ3v) is 4.25. The Morgan fingerprint density at radius 1 is 1.11 bits per heavy atom. The van der Waals surface area contributed by atoms with Gasteiger partial charge in [-0.25, -0.2) is 4.68 Å². The molecule has 0 bridgehead atoms. The second-order valence-electron chi connectivity index (χ2n) is 6.17. The molecule has 7 heteroatoms. The summed E-state index contributed by atoms with van der Waals surface area (Å²) in [4.78, 5) is 36.9. The smallest absolute Gasteiger partial charge is 0.273 e. The first-order chi connectivity index (χ1) is 13.0. The van der Waals surface area contributed by atoms with Crippen molar-refractivity contribution in [1.82, 2.24) is 15.1 Å². The van der Waals surface area contributed by atoms with Gasteiger partial charge < -0.3 is 10.1 Å². The van der Waals surface area contributed by atoms with E-state index in [2.05, 4.69) is 10.4 Å². The van der Waals surface area contributed by atoms with Crippen molar-refractivity contribution in [2.75, 3.05) is 6.61 Å². The lowest BCUT2D eigenvalue weighted by Gasteiger charge is -2.15. The van der Waals surface area contributed by atoms with Gasteiger partial charge in [0, 0.05) is 0 Å². The van der Waals surface area contributed by atoms with Gasteiger partial charge >= 0.3 is 0 Å². The summed E-state index contributed by atoms with van der Waals surface area (Å²) in [5.74, 6) is 0.393. The number of hydrogen-bond acceptors (Lipinski definition) is 4. The fraction of sp³-hybridized carbons (Fsp3) is 0.250. The van der Waals surface area contributed by atoms with Crippen LogP contribution in [-0.2, 0) is 11.3 Å². The summed E-state index contributed by atoms with van der Waals surface area (Å²) in [6.45, 7) is 4.08. The van der Waals surface area contributed by atoms with Crippen LogP contribution in [-0.4, -0.2) is 22.3 Å². The molecule has 0 aliphatic heterocycles. The number of aromatic nitrogens is 2. The van der Waals surface area contributed by atoms with Crippen molar-refractivity contribution in [3.63, 3.8) is 0 Å². The zero-order valence-corrected chi connectivity index (χ0v) is 15.2. The van der Waals surface area contributed by atoms with E-state index in [-0.39, 0.29) is 23.9 Å². The van der Waals surface area contributed by atoms with Crippen LogP contribution in [0.5, 0.6) is 5.75 Å². The van der Waals surface area contributed by atoms with Crippen LogP contribution >= 0.6 is 0 Å². The topological polar surface area (TPSA) is 93.2 Å². The minimum atomic E-state index is -0.408. The molecule has 1 unspecified atom stereocenters. The molecular formula is C20H21N3O4. The fourth-order valence-electron chi connectivity index (χ4n) is 2.89. The molecule has 0 radical (unpaired) electrons. The average Bonchev–Trinajstić information content (AvgIpc) is 2.66. The number of carbonyl (C=O) groups is 1. The van der Waals surface area contributed by atoms with E-state index in [0.29, 0.717) is 12.0 Å². The Morgan fingerprint density at radius 3 is 2.44 bits per heavy atom. The number of fused-ring (bicyclic) bond motifs is 1. The maximum atomic E-state index is 12.5. The Labute approximate surface area is 155 Å².